The first-order chi connectivity index (χ1) is 10.0. The predicted molar refractivity (Wildman–Crippen MR) is 76.3 cm³/mol. The van der Waals surface area contributed by atoms with Crippen LogP contribution in [0.4, 0.5) is 17.1 Å². The minimum Gasteiger partial charge on any atom is -0.490 e. The third kappa shape index (κ3) is 3.06. The van der Waals surface area contributed by atoms with Gasteiger partial charge in [-0.15, -0.1) is 0 Å². The van der Waals surface area contributed by atoms with Crippen molar-refractivity contribution in [3.63, 3.8) is 0 Å². The quantitative estimate of drug-likeness (QED) is 0.654. The van der Waals surface area contributed by atoms with Crippen molar-refractivity contribution >= 4 is 23.0 Å². The van der Waals surface area contributed by atoms with Gasteiger partial charge in [0, 0.05) is 18.0 Å². The Kier molecular flexibility index (Phi) is 3.98. The Labute approximate surface area is 119 Å². The molecule has 0 aliphatic heterocycles. The van der Waals surface area contributed by atoms with Crippen molar-refractivity contribution in [3.05, 3.63) is 52.3 Å². The summed E-state index contributed by atoms with van der Waals surface area (Å²) in [6.45, 7) is 0. The number of nitrogens with one attached hydrogen (secondary N) is 1. The van der Waals surface area contributed by atoms with Gasteiger partial charge in [0.1, 0.15) is 0 Å². The molecule has 0 unspecified atom stereocenters. The Morgan fingerprint density at radius 3 is 2.81 bits per heavy atom. The fourth-order valence-corrected chi connectivity index (χ4v) is 1.71. The molecule has 21 heavy (non-hydrogen) atoms. The molecule has 0 spiro atoms. The van der Waals surface area contributed by atoms with Gasteiger partial charge >= 0.3 is 5.69 Å². The fourth-order valence-electron chi connectivity index (χ4n) is 1.71. The molecule has 1 aromatic heterocycles. The van der Waals surface area contributed by atoms with Crippen LogP contribution in [-0.4, -0.2) is 22.9 Å². The normalized spacial score (nSPS) is 9.95. The summed E-state index contributed by atoms with van der Waals surface area (Å²) in [5, 5.41) is 13.4. The first-order valence-corrected chi connectivity index (χ1v) is 5.87. The molecule has 108 valence electrons. The Balaban J connectivity index is 2.28. The minimum atomic E-state index is -0.594. The number of pyridine rings is 1. The van der Waals surface area contributed by atoms with Crippen LogP contribution in [0.3, 0.4) is 0 Å². The van der Waals surface area contributed by atoms with E-state index in [9.17, 15) is 14.9 Å². The number of nitrogens with two attached hydrogens (primary N) is 1. The number of nitrogens with zero attached hydrogens (tertiary/aromatic N) is 2. The molecule has 0 saturated carbocycles. The summed E-state index contributed by atoms with van der Waals surface area (Å²) in [6.07, 6.45) is 1.43. The summed E-state index contributed by atoms with van der Waals surface area (Å²) < 4.78 is 4.88. The maximum absolute atomic E-state index is 12.0. The third-order valence-corrected chi connectivity index (χ3v) is 2.69. The molecule has 8 heteroatoms. The Hall–Kier alpha value is -3.16. The molecule has 1 heterocycles. The van der Waals surface area contributed by atoms with Gasteiger partial charge in [-0.25, -0.2) is 4.98 Å². The zero-order chi connectivity index (χ0) is 15.4. The lowest BCUT2D eigenvalue weighted by molar-refractivity contribution is -0.385. The molecule has 1 aromatic carbocycles. The van der Waals surface area contributed by atoms with Crippen LogP contribution in [0.15, 0.2) is 36.5 Å². The SMILES string of the molecule is COc1ccc(NC(=O)c2ncccc2N)cc1[N+](=O)[O-]. The van der Waals surface area contributed by atoms with Gasteiger partial charge in [0.25, 0.3) is 5.91 Å². The van der Waals surface area contributed by atoms with Crippen molar-refractivity contribution in [2.45, 2.75) is 0 Å². The summed E-state index contributed by atoms with van der Waals surface area (Å²) in [7, 11) is 1.33. The smallest absolute Gasteiger partial charge is 0.312 e. The number of amides is 1. The van der Waals surface area contributed by atoms with E-state index in [4.69, 9.17) is 10.5 Å². The molecular weight excluding hydrogens is 276 g/mol. The zero-order valence-electron chi connectivity index (χ0n) is 11.1. The molecule has 8 nitrogen and oxygen atoms in total. The molecule has 0 bridgehead atoms. The highest BCUT2D eigenvalue weighted by atomic mass is 16.6. The van der Waals surface area contributed by atoms with E-state index in [1.807, 2.05) is 0 Å². The van der Waals surface area contributed by atoms with Gasteiger partial charge < -0.3 is 15.8 Å². The summed E-state index contributed by atoms with van der Waals surface area (Å²) >= 11 is 0. The Bertz CT molecular complexity index is 702. The van der Waals surface area contributed by atoms with Crippen LogP contribution < -0.4 is 15.8 Å². The number of nitrogen functional groups attached to an aromatic ring is 1. The maximum Gasteiger partial charge on any atom is 0.312 e. The number of carbonyl (C=O) groups excluding carboxylic acids is 1. The lowest BCUT2D eigenvalue weighted by Gasteiger charge is -2.08. The average molecular weight is 288 g/mol. The molecule has 1 amide bonds. The van der Waals surface area contributed by atoms with Gasteiger partial charge in [0.15, 0.2) is 11.4 Å². The van der Waals surface area contributed by atoms with Crippen molar-refractivity contribution < 1.29 is 14.5 Å². The molecule has 0 aliphatic rings. The summed E-state index contributed by atoms with van der Waals surface area (Å²) in [6, 6.07) is 7.23. The largest absolute Gasteiger partial charge is 0.490 e. The first kappa shape index (κ1) is 14.3. The zero-order valence-corrected chi connectivity index (χ0v) is 11.1. The van der Waals surface area contributed by atoms with Crippen LogP contribution in [0.25, 0.3) is 0 Å². The van der Waals surface area contributed by atoms with E-state index in [2.05, 4.69) is 10.3 Å². The number of methoxy groups -OCH3 is 1. The van der Waals surface area contributed by atoms with E-state index < -0.39 is 10.8 Å². The number of rotatable bonds is 4. The average Bonchev–Trinajstić information content (AvgIpc) is 2.47. The van der Waals surface area contributed by atoms with Gasteiger partial charge in [-0.3, -0.25) is 14.9 Å². The second-order valence-electron chi connectivity index (χ2n) is 4.04. The van der Waals surface area contributed by atoms with Crippen molar-refractivity contribution in [3.8, 4) is 5.75 Å². The number of nitro groups is 1. The van der Waals surface area contributed by atoms with Gasteiger partial charge in [-0.05, 0) is 24.3 Å². The van der Waals surface area contributed by atoms with Crippen molar-refractivity contribution in [2.24, 2.45) is 0 Å². The Morgan fingerprint density at radius 2 is 2.19 bits per heavy atom. The second-order valence-corrected chi connectivity index (χ2v) is 4.04. The highest BCUT2D eigenvalue weighted by Gasteiger charge is 2.17. The van der Waals surface area contributed by atoms with Gasteiger partial charge in [0.2, 0.25) is 0 Å². The van der Waals surface area contributed by atoms with E-state index in [0.717, 1.165) is 0 Å². The number of benzene rings is 1. The lowest BCUT2D eigenvalue weighted by atomic mass is 10.2. The summed E-state index contributed by atoms with van der Waals surface area (Å²) in [4.78, 5) is 26.2. The van der Waals surface area contributed by atoms with E-state index in [-0.39, 0.29) is 28.5 Å². The third-order valence-electron chi connectivity index (χ3n) is 2.69. The predicted octanol–water partition coefficient (Wildman–Crippen LogP) is 1.83. The monoisotopic (exact) mass is 288 g/mol. The number of carbonyl (C=O) groups is 1. The van der Waals surface area contributed by atoms with E-state index in [1.165, 1.54) is 31.5 Å². The van der Waals surface area contributed by atoms with Crippen LogP contribution in [0.1, 0.15) is 10.5 Å². The number of ether oxygens (including phenoxy) is 1. The number of nitro benzene ring substituents is 1. The second kappa shape index (κ2) is 5.87. The number of hydrogen-bond donors (Lipinski definition) is 2. The van der Waals surface area contributed by atoms with E-state index >= 15 is 0 Å². The van der Waals surface area contributed by atoms with Crippen LogP contribution in [0.5, 0.6) is 5.75 Å². The lowest BCUT2D eigenvalue weighted by Crippen LogP contribution is -2.15. The van der Waals surface area contributed by atoms with Gasteiger partial charge in [0.05, 0.1) is 17.7 Å². The number of anilines is 2. The van der Waals surface area contributed by atoms with E-state index in [0.29, 0.717) is 0 Å². The van der Waals surface area contributed by atoms with Crippen LogP contribution in [0.2, 0.25) is 0 Å². The topological polar surface area (TPSA) is 120 Å². The number of aromatic nitrogens is 1. The fraction of sp³-hybridized carbons (Fsp3) is 0.0769. The Morgan fingerprint density at radius 1 is 1.43 bits per heavy atom. The summed E-state index contributed by atoms with van der Waals surface area (Å²) in [5.41, 5.74) is 5.92. The summed E-state index contributed by atoms with van der Waals surface area (Å²) in [5.74, 6) is -0.442. The van der Waals surface area contributed by atoms with Gasteiger partial charge in [-0.2, -0.15) is 0 Å². The molecular formula is C13H12N4O4. The molecule has 0 radical (unpaired) electrons. The molecule has 2 aromatic rings. The van der Waals surface area contributed by atoms with Crippen LogP contribution >= 0.6 is 0 Å². The number of hydrogen-bond acceptors (Lipinski definition) is 6. The van der Waals surface area contributed by atoms with Crippen molar-refractivity contribution in [1.29, 1.82) is 0 Å². The standard InChI is InChI=1S/C13H12N4O4/c1-21-11-5-4-8(7-10(11)17(19)20)16-13(18)12-9(14)3-2-6-15-12/h2-7H,14H2,1H3,(H,16,18). The molecule has 2 rings (SSSR count). The molecule has 0 atom stereocenters. The molecule has 0 aliphatic carbocycles. The van der Waals surface area contributed by atoms with Gasteiger partial charge in [-0.1, -0.05) is 0 Å². The maximum atomic E-state index is 12.0. The minimum absolute atomic E-state index is 0.0518. The highest BCUT2D eigenvalue weighted by molar-refractivity contribution is 6.06. The molecule has 3 N–H and O–H groups in total. The van der Waals surface area contributed by atoms with Crippen LogP contribution in [-0.2, 0) is 0 Å². The first-order valence-electron chi connectivity index (χ1n) is 5.87. The van der Waals surface area contributed by atoms with Crippen LogP contribution in [0, 0.1) is 10.1 Å². The molecule has 0 saturated heterocycles. The van der Waals surface area contributed by atoms with Crippen molar-refractivity contribution in [1.82, 2.24) is 4.98 Å². The van der Waals surface area contributed by atoms with E-state index in [1.54, 1.807) is 12.1 Å². The van der Waals surface area contributed by atoms with Crippen molar-refractivity contribution in [2.75, 3.05) is 18.2 Å². The highest BCUT2D eigenvalue weighted by Crippen LogP contribution is 2.29. The molecule has 0 fully saturated rings.